The summed E-state index contributed by atoms with van der Waals surface area (Å²) in [7, 11) is 3.62. The Hall–Kier alpha value is -2.17. The van der Waals surface area contributed by atoms with E-state index in [-0.39, 0.29) is 19.6 Å². The predicted molar refractivity (Wildman–Crippen MR) is 73.7 cm³/mol. The van der Waals surface area contributed by atoms with Gasteiger partial charge in [0.15, 0.2) is 5.71 Å². The molecule has 0 fully saturated rings. The molecule has 0 saturated carbocycles. The summed E-state index contributed by atoms with van der Waals surface area (Å²) >= 11 is 0. The molecule has 0 spiro atoms. The second-order valence-corrected chi connectivity index (χ2v) is 4.12. The first-order chi connectivity index (χ1) is 9.56. The molecule has 0 unspecified atom stereocenters. The van der Waals surface area contributed by atoms with Crippen molar-refractivity contribution in [1.29, 1.82) is 0 Å². The molecule has 1 aliphatic rings. The van der Waals surface area contributed by atoms with Crippen molar-refractivity contribution in [2.24, 2.45) is 10.1 Å². The van der Waals surface area contributed by atoms with E-state index >= 15 is 0 Å². The van der Waals surface area contributed by atoms with Gasteiger partial charge in [0, 0.05) is 29.5 Å². The monoisotopic (exact) mass is 246 g/mol. The number of hydrogen-bond donors (Lipinski definition) is 0. The van der Waals surface area contributed by atoms with Gasteiger partial charge in [0.05, 0.1) is 11.4 Å². The molecular weight excluding hydrogens is 228 g/mol. The predicted octanol–water partition coefficient (Wildman–Crippen LogP) is 1.67. The summed E-state index contributed by atoms with van der Waals surface area (Å²) in [6.07, 6.45) is 0. The number of hydrazone groups is 1. The van der Waals surface area contributed by atoms with Crippen LogP contribution in [-0.2, 0) is 4.79 Å². The van der Waals surface area contributed by atoms with E-state index in [1.165, 1.54) is 0 Å². The van der Waals surface area contributed by atoms with E-state index in [0.717, 1.165) is 10.7 Å². The number of anilines is 1. The van der Waals surface area contributed by atoms with Crippen LogP contribution in [0, 0.1) is 0 Å². The molecule has 1 heterocycles. The van der Waals surface area contributed by atoms with Gasteiger partial charge >= 0.3 is 0 Å². The number of hydrogen-bond acceptors (Lipinski definition) is 4. The van der Waals surface area contributed by atoms with Crippen LogP contribution in [-0.4, -0.2) is 43.5 Å². The number of aliphatic imine (C=N–C) groups is 1. The third-order valence-corrected chi connectivity index (χ3v) is 2.56. The fraction of sp³-hybridized carbons (Fsp3) is 0.308. The Labute approximate surface area is 109 Å². The number of amides is 1. The average molecular weight is 246 g/mol. The van der Waals surface area contributed by atoms with Crippen molar-refractivity contribution in [3.05, 3.63) is 24.3 Å². The summed E-state index contributed by atoms with van der Waals surface area (Å²) in [5, 5.41) is 4.93. The van der Waals surface area contributed by atoms with Crippen LogP contribution in [0.5, 0.6) is 0 Å². The second-order valence-electron chi connectivity index (χ2n) is 4.12. The topological polar surface area (TPSA) is 48.3 Å². The molecule has 0 aliphatic carbocycles. The van der Waals surface area contributed by atoms with Crippen molar-refractivity contribution in [1.82, 2.24) is 5.01 Å². The van der Waals surface area contributed by atoms with Crippen LogP contribution in [0.25, 0.3) is 0 Å². The van der Waals surface area contributed by atoms with Crippen molar-refractivity contribution in [2.45, 2.75) is 6.90 Å². The van der Waals surface area contributed by atoms with Crippen LogP contribution in [0.4, 0.5) is 11.4 Å². The molecule has 1 amide bonds. The van der Waals surface area contributed by atoms with Gasteiger partial charge < -0.3 is 4.90 Å². The summed E-state index contributed by atoms with van der Waals surface area (Å²) in [6, 6.07) is 7.41. The lowest BCUT2D eigenvalue weighted by atomic mass is 10.2. The molecule has 0 aromatic heterocycles. The van der Waals surface area contributed by atoms with E-state index in [1.807, 2.05) is 31.1 Å². The van der Waals surface area contributed by atoms with E-state index in [0.29, 0.717) is 11.4 Å². The average Bonchev–Trinajstić information content (AvgIpc) is 2.76. The van der Waals surface area contributed by atoms with Crippen molar-refractivity contribution in [3.63, 3.8) is 0 Å². The molecule has 0 N–H and O–H groups in total. The van der Waals surface area contributed by atoms with Crippen LogP contribution >= 0.6 is 0 Å². The van der Waals surface area contributed by atoms with Gasteiger partial charge in [-0.15, -0.1) is 0 Å². The van der Waals surface area contributed by atoms with Gasteiger partial charge in [-0.2, -0.15) is 5.10 Å². The van der Waals surface area contributed by atoms with Crippen LogP contribution in [0.1, 0.15) is 9.64 Å². The molecule has 5 heteroatoms. The zero-order valence-electron chi connectivity index (χ0n) is 12.4. The van der Waals surface area contributed by atoms with Gasteiger partial charge in [0.25, 0.3) is 5.91 Å². The molecule has 0 atom stereocenters. The Morgan fingerprint density at radius 1 is 1.33 bits per heavy atom. The Balaban J connectivity index is 2.30. The van der Waals surface area contributed by atoms with Gasteiger partial charge in [0.2, 0.25) is 0 Å². The first-order valence-corrected chi connectivity index (χ1v) is 5.41. The van der Waals surface area contributed by atoms with E-state index in [4.69, 9.17) is 2.74 Å². The number of benzene rings is 1. The Kier molecular flexibility index (Phi) is 2.51. The molecule has 0 saturated heterocycles. The van der Waals surface area contributed by atoms with Gasteiger partial charge in [-0.05, 0) is 31.2 Å². The van der Waals surface area contributed by atoms with Crippen LogP contribution < -0.4 is 4.90 Å². The minimum absolute atomic E-state index is 0.128. The zero-order valence-corrected chi connectivity index (χ0v) is 10.4. The van der Waals surface area contributed by atoms with Crippen LogP contribution in [0.3, 0.4) is 0 Å². The number of carbonyl (C=O) groups excluding carboxylic acids is 1. The Morgan fingerprint density at radius 3 is 2.61 bits per heavy atom. The molecule has 1 aromatic carbocycles. The van der Waals surface area contributed by atoms with Crippen molar-refractivity contribution >= 4 is 28.7 Å². The fourth-order valence-electron chi connectivity index (χ4n) is 1.55. The van der Waals surface area contributed by atoms with Crippen molar-refractivity contribution in [2.75, 3.05) is 26.0 Å². The summed E-state index contributed by atoms with van der Waals surface area (Å²) < 4.78 is 14.6. The SMILES string of the molecule is [2H]CC1=NN(C[2H])C(=O)C1=Nc1ccc(N(C)C)cc1. The largest absolute Gasteiger partial charge is 0.378 e. The third-order valence-electron chi connectivity index (χ3n) is 2.56. The lowest BCUT2D eigenvalue weighted by molar-refractivity contribution is -0.122. The maximum Gasteiger partial charge on any atom is 0.294 e. The Morgan fingerprint density at radius 2 is 2.06 bits per heavy atom. The highest BCUT2D eigenvalue weighted by Crippen LogP contribution is 2.19. The van der Waals surface area contributed by atoms with E-state index in [1.54, 1.807) is 12.1 Å². The summed E-state index contributed by atoms with van der Waals surface area (Å²) in [4.78, 5) is 18.2. The first kappa shape index (κ1) is 9.82. The lowest BCUT2D eigenvalue weighted by Gasteiger charge is -2.11. The summed E-state index contributed by atoms with van der Waals surface area (Å²) in [5.74, 6) is -0.418. The number of nitrogens with zero attached hydrogens (tertiary/aromatic N) is 4. The van der Waals surface area contributed by atoms with Crippen LogP contribution in [0.2, 0.25) is 0 Å². The zero-order chi connectivity index (χ0) is 14.7. The molecule has 0 radical (unpaired) electrons. The maximum absolute atomic E-state index is 12.0. The lowest BCUT2D eigenvalue weighted by Crippen LogP contribution is -2.23. The quantitative estimate of drug-likeness (QED) is 0.797. The molecule has 0 bridgehead atoms. The summed E-state index contributed by atoms with van der Waals surface area (Å²) in [6.45, 7) is -0.128. The Bertz CT molecular complexity index is 566. The van der Waals surface area contributed by atoms with Gasteiger partial charge in [-0.1, -0.05) is 0 Å². The van der Waals surface area contributed by atoms with Gasteiger partial charge in [-0.25, -0.2) is 10.0 Å². The normalized spacial score (nSPS) is 18.8. The van der Waals surface area contributed by atoms with E-state index < -0.39 is 5.91 Å². The number of rotatable bonds is 2. The van der Waals surface area contributed by atoms with Crippen molar-refractivity contribution in [3.8, 4) is 0 Å². The first-order valence-electron chi connectivity index (χ1n) is 6.82. The molecule has 5 nitrogen and oxygen atoms in total. The third kappa shape index (κ3) is 2.25. The van der Waals surface area contributed by atoms with Gasteiger partial charge in [-0.3, -0.25) is 4.79 Å². The maximum atomic E-state index is 12.0. The van der Waals surface area contributed by atoms with E-state index in [2.05, 4.69) is 10.1 Å². The highest BCUT2D eigenvalue weighted by Gasteiger charge is 2.26. The molecule has 94 valence electrons. The molecular formula is C13H16N4O. The van der Waals surface area contributed by atoms with E-state index in [9.17, 15) is 4.79 Å². The number of carbonyl (C=O) groups is 1. The molecule has 2 rings (SSSR count). The molecule has 18 heavy (non-hydrogen) atoms. The summed E-state index contributed by atoms with van der Waals surface area (Å²) in [5.41, 5.74) is 2.13. The minimum atomic E-state index is -0.418. The highest BCUT2D eigenvalue weighted by atomic mass is 16.2. The second kappa shape index (κ2) is 4.60. The fourth-order valence-corrected chi connectivity index (χ4v) is 1.55. The molecule has 1 aliphatic heterocycles. The van der Waals surface area contributed by atoms with Crippen LogP contribution in [0.15, 0.2) is 34.4 Å². The molecule has 1 aromatic rings. The van der Waals surface area contributed by atoms with Gasteiger partial charge in [0.1, 0.15) is 0 Å². The highest BCUT2D eigenvalue weighted by molar-refractivity contribution is 6.68. The smallest absolute Gasteiger partial charge is 0.294 e. The van der Waals surface area contributed by atoms with Crippen molar-refractivity contribution < 1.29 is 7.54 Å². The minimum Gasteiger partial charge on any atom is -0.378 e. The standard InChI is InChI=1S/C13H16N4O/c1-9-12(13(18)17(4)15-9)14-10-5-7-11(8-6-10)16(2)3/h5-8H,1-4H3/i1D,4D.